The monoisotopic (exact) mass is 251 g/mol. The third kappa shape index (κ3) is 2.88. The quantitative estimate of drug-likeness (QED) is 0.850. The molecule has 18 heavy (non-hydrogen) atoms. The Balaban J connectivity index is 2.23. The first kappa shape index (κ1) is 12.6. The van der Waals surface area contributed by atoms with E-state index < -0.39 is 5.97 Å². The van der Waals surface area contributed by atoms with Crippen LogP contribution in [-0.4, -0.2) is 40.7 Å². The summed E-state index contributed by atoms with van der Waals surface area (Å²) >= 11 is 0. The van der Waals surface area contributed by atoms with Gasteiger partial charge in [-0.1, -0.05) is 12.8 Å². The van der Waals surface area contributed by atoms with Gasteiger partial charge < -0.3 is 14.7 Å². The molecule has 1 aliphatic carbocycles. The first-order valence-electron chi connectivity index (χ1n) is 6.06. The molecule has 1 heterocycles. The minimum absolute atomic E-state index is 0.0716. The van der Waals surface area contributed by atoms with Gasteiger partial charge in [-0.3, -0.25) is 4.79 Å². The van der Waals surface area contributed by atoms with Crippen LogP contribution in [0.5, 0.6) is 5.88 Å². The summed E-state index contributed by atoms with van der Waals surface area (Å²) in [5.41, 5.74) is 0. The van der Waals surface area contributed by atoms with Crippen LogP contribution in [0.25, 0.3) is 0 Å². The number of carboxylic acids is 1. The Morgan fingerprint density at radius 3 is 2.89 bits per heavy atom. The molecule has 1 fully saturated rings. The lowest BCUT2D eigenvalue weighted by Gasteiger charge is -2.27. The molecule has 1 N–H and O–H groups in total. The highest BCUT2D eigenvalue weighted by atomic mass is 16.5. The normalized spacial score (nSPS) is 15.6. The van der Waals surface area contributed by atoms with Crippen LogP contribution in [-0.2, 0) is 4.79 Å². The van der Waals surface area contributed by atoms with Gasteiger partial charge in [-0.05, 0) is 12.8 Å². The lowest BCUT2D eigenvalue weighted by Crippen LogP contribution is -2.38. The van der Waals surface area contributed by atoms with Crippen molar-refractivity contribution in [2.75, 3.05) is 18.6 Å². The molecule has 98 valence electrons. The van der Waals surface area contributed by atoms with E-state index >= 15 is 0 Å². The second kappa shape index (κ2) is 5.66. The highest BCUT2D eigenvalue weighted by molar-refractivity contribution is 5.73. The van der Waals surface area contributed by atoms with E-state index in [9.17, 15) is 4.79 Å². The maximum Gasteiger partial charge on any atom is 0.323 e. The summed E-state index contributed by atoms with van der Waals surface area (Å²) in [6.07, 6.45) is 5.84. The molecule has 0 spiro atoms. The Morgan fingerprint density at radius 2 is 2.28 bits per heavy atom. The lowest BCUT2D eigenvalue weighted by molar-refractivity contribution is -0.135. The Kier molecular flexibility index (Phi) is 3.96. The van der Waals surface area contributed by atoms with Gasteiger partial charge in [0.05, 0.1) is 7.11 Å². The van der Waals surface area contributed by atoms with Gasteiger partial charge in [0.1, 0.15) is 6.54 Å². The highest BCUT2D eigenvalue weighted by Gasteiger charge is 2.26. The van der Waals surface area contributed by atoms with Gasteiger partial charge in [-0.2, -0.15) is 4.98 Å². The fourth-order valence-corrected chi connectivity index (χ4v) is 2.31. The van der Waals surface area contributed by atoms with Crippen molar-refractivity contribution in [3.05, 3.63) is 12.3 Å². The molecule has 1 aliphatic rings. The first-order chi connectivity index (χ1) is 8.70. The van der Waals surface area contributed by atoms with Crippen LogP contribution >= 0.6 is 0 Å². The predicted octanol–water partition coefficient (Wildman–Crippen LogP) is 1.32. The highest BCUT2D eigenvalue weighted by Crippen LogP contribution is 2.26. The molecule has 0 aromatic carbocycles. The standard InChI is InChI=1S/C12H17N3O3/c1-18-10-6-7-13-12(14-10)15(8-11(16)17)9-4-2-3-5-9/h6-7,9H,2-5,8H2,1H3,(H,16,17). The van der Waals surface area contributed by atoms with Gasteiger partial charge in [0.15, 0.2) is 0 Å². The molecule has 0 saturated heterocycles. The zero-order valence-electron chi connectivity index (χ0n) is 10.4. The van der Waals surface area contributed by atoms with E-state index in [0.717, 1.165) is 25.7 Å². The van der Waals surface area contributed by atoms with Crippen LogP contribution in [0.15, 0.2) is 12.3 Å². The van der Waals surface area contributed by atoms with E-state index in [-0.39, 0.29) is 12.6 Å². The third-order valence-corrected chi connectivity index (χ3v) is 3.15. The number of nitrogens with zero attached hydrogens (tertiary/aromatic N) is 3. The number of hydrogen-bond acceptors (Lipinski definition) is 5. The molecule has 0 atom stereocenters. The van der Waals surface area contributed by atoms with Crippen molar-refractivity contribution in [3.63, 3.8) is 0 Å². The second-order valence-corrected chi connectivity index (χ2v) is 4.36. The van der Waals surface area contributed by atoms with Crippen molar-refractivity contribution < 1.29 is 14.6 Å². The summed E-state index contributed by atoms with van der Waals surface area (Å²) in [6.45, 7) is -0.0716. The van der Waals surface area contributed by atoms with Crippen LogP contribution in [0, 0.1) is 0 Å². The zero-order chi connectivity index (χ0) is 13.0. The molecular weight excluding hydrogens is 234 g/mol. The number of anilines is 1. The van der Waals surface area contributed by atoms with Crippen molar-refractivity contribution in [2.24, 2.45) is 0 Å². The van der Waals surface area contributed by atoms with Crippen molar-refractivity contribution in [3.8, 4) is 5.88 Å². The fraction of sp³-hybridized carbons (Fsp3) is 0.583. The number of ether oxygens (including phenoxy) is 1. The molecule has 1 aromatic rings. The van der Waals surface area contributed by atoms with Gasteiger partial charge in [0.25, 0.3) is 0 Å². The molecule has 0 radical (unpaired) electrons. The van der Waals surface area contributed by atoms with E-state index in [1.54, 1.807) is 17.2 Å². The molecule has 6 nitrogen and oxygen atoms in total. The van der Waals surface area contributed by atoms with Gasteiger partial charge in [0, 0.05) is 18.3 Å². The Morgan fingerprint density at radius 1 is 1.56 bits per heavy atom. The summed E-state index contributed by atoms with van der Waals surface area (Å²) in [7, 11) is 1.53. The first-order valence-corrected chi connectivity index (χ1v) is 6.06. The fourth-order valence-electron chi connectivity index (χ4n) is 2.31. The minimum Gasteiger partial charge on any atom is -0.481 e. The average molecular weight is 251 g/mol. The van der Waals surface area contributed by atoms with Crippen molar-refractivity contribution in [1.29, 1.82) is 0 Å². The van der Waals surface area contributed by atoms with Crippen LogP contribution < -0.4 is 9.64 Å². The van der Waals surface area contributed by atoms with Crippen LogP contribution in [0.1, 0.15) is 25.7 Å². The van der Waals surface area contributed by atoms with Crippen molar-refractivity contribution in [1.82, 2.24) is 9.97 Å². The lowest BCUT2D eigenvalue weighted by atomic mass is 10.2. The maximum absolute atomic E-state index is 11.0. The van der Waals surface area contributed by atoms with E-state index in [4.69, 9.17) is 9.84 Å². The Labute approximate surface area is 106 Å². The number of methoxy groups -OCH3 is 1. The van der Waals surface area contributed by atoms with E-state index in [2.05, 4.69) is 9.97 Å². The minimum atomic E-state index is -0.867. The van der Waals surface area contributed by atoms with E-state index in [1.165, 1.54) is 7.11 Å². The smallest absolute Gasteiger partial charge is 0.323 e. The predicted molar refractivity (Wildman–Crippen MR) is 65.8 cm³/mol. The SMILES string of the molecule is COc1ccnc(N(CC(=O)O)C2CCCC2)n1. The zero-order valence-corrected chi connectivity index (χ0v) is 10.4. The second-order valence-electron chi connectivity index (χ2n) is 4.36. The van der Waals surface area contributed by atoms with Crippen LogP contribution in [0.2, 0.25) is 0 Å². The molecular formula is C12H17N3O3. The molecule has 0 aliphatic heterocycles. The molecule has 1 saturated carbocycles. The Hall–Kier alpha value is -1.85. The number of aromatic nitrogens is 2. The molecule has 1 aromatic heterocycles. The number of carboxylic acid groups (broad SMARTS) is 1. The van der Waals surface area contributed by atoms with Gasteiger partial charge in [-0.15, -0.1) is 0 Å². The van der Waals surface area contributed by atoms with Crippen molar-refractivity contribution >= 4 is 11.9 Å². The maximum atomic E-state index is 11.0. The molecule has 6 heteroatoms. The number of hydrogen-bond donors (Lipinski definition) is 1. The van der Waals surface area contributed by atoms with Crippen LogP contribution in [0.3, 0.4) is 0 Å². The third-order valence-electron chi connectivity index (χ3n) is 3.15. The molecule has 0 bridgehead atoms. The van der Waals surface area contributed by atoms with Crippen molar-refractivity contribution in [2.45, 2.75) is 31.7 Å². The molecule has 0 amide bonds. The summed E-state index contributed by atoms with van der Waals surface area (Å²) in [5.74, 6) is 0.0188. The molecule has 0 unspecified atom stereocenters. The van der Waals surface area contributed by atoms with Gasteiger partial charge in [0.2, 0.25) is 11.8 Å². The summed E-state index contributed by atoms with van der Waals surface area (Å²) in [6, 6.07) is 1.87. The van der Waals surface area contributed by atoms with Gasteiger partial charge in [-0.25, -0.2) is 4.98 Å². The van der Waals surface area contributed by atoms with Crippen LogP contribution in [0.4, 0.5) is 5.95 Å². The largest absolute Gasteiger partial charge is 0.481 e. The number of aliphatic carboxylic acids is 1. The molecule has 2 rings (SSSR count). The van der Waals surface area contributed by atoms with E-state index in [0.29, 0.717) is 11.8 Å². The number of rotatable bonds is 5. The summed E-state index contributed by atoms with van der Waals surface area (Å²) in [5, 5.41) is 9.00. The number of carbonyl (C=O) groups is 1. The van der Waals surface area contributed by atoms with E-state index in [1.807, 2.05) is 0 Å². The Bertz CT molecular complexity index is 419. The summed E-state index contributed by atoms with van der Waals surface area (Å²) < 4.78 is 5.05. The topological polar surface area (TPSA) is 75.5 Å². The van der Waals surface area contributed by atoms with Gasteiger partial charge >= 0.3 is 5.97 Å². The average Bonchev–Trinajstić information content (AvgIpc) is 2.89. The summed E-state index contributed by atoms with van der Waals surface area (Å²) in [4.78, 5) is 21.1.